The summed E-state index contributed by atoms with van der Waals surface area (Å²) in [5.74, 6) is 1.34. The second-order valence-corrected chi connectivity index (χ2v) is 5.59. The van der Waals surface area contributed by atoms with Crippen molar-refractivity contribution in [2.75, 3.05) is 19.0 Å². The molecule has 128 valence electrons. The Morgan fingerprint density at radius 2 is 1.88 bits per heavy atom. The first-order valence-corrected chi connectivity index (χ1v) is 8.13. The van der Waals surface area contributed by atoms with E-state index in [2.05, 4.69) is 32.4 Å². The predicted octanol–water partition coefficient (Wildman–Crippen LogP) is 2.89. The normalized spacial score (nSPS) is 10.4. The van der Waals surface area contributed by atoms with Crippen molar-refractivity contribution in [1.82, 2.24) is 15.0 Å². The number of ether oxygens (including phenoxy) is 1. The van der Waals surface area contributed by atoms with E-state index in [0.717, 1.165) is 30.7 Å². The van der Waals surface area contributed by atoms with E-state index >= 15 is 0 Å². The van der Waals surface area contributed by atoms with Crippen molar-refractivity contribution < 1.29 is 4.74 Å². The number of pyridine rings is 1. The molecule has 0 unspecified atom stereocenters. The van der Waals surface area contributed by atoms with Crippen molar-refractivity contribution in [3.63, 3.8) is 0 Å². The number of aromatic amines is 1. The molecule has 0 amide bonds. The van der Waals surface area contributed by atoms with Crippen LogP contribution in [0.15, 0.2) is 59.7 Å². The highest BCUT2D eigenvalue weighted by Gasteiger charge is 2.03. The van der Waals surface area contributed by atoms with Gasteiger partial charge in [-0.25, -0.2) is 4.98 Å². The van der Waals surface area contributed by atoms with Crippen LogP contribution in [0.25, 0.3) is 11.3 Å². The van der Waals surface area contributed by atoms with Crippen molar-refractivity contribution >= 4 is 5.95 Å². The summed E-state index contributed by atoms with van der Waals surface area (Å²) in [6, 6.07) is 13.2. The summed E-state index contributed by atoms with van der Waals surface area (Å²) in [5.41, 5.74) is 2.56. The Morgan fingerprint density at radius 1 is 1.12 bits per heavy atom. The van der Waals surface area contributed by atoms with Gasteiger partial charge in [-0.3, -0.25) is 14.8 Å². The van der Waals surface area contributed by atoms with Crippen LogP contribution in [0.3, 0.4) is 0 Å². The molecule has 0 saturated carbocycles. The number of aryl methyl sites for hydroxylation is 1. The van der Waals surface area contributed by atoms with Crippen LogP contribution in [-0.2, 0) is 6.42 Å². The summed E-state index contributed by atoms with van der Waals surface area (Å²) in [4.78, 5) is 23.0. The summed E-state index contributed by atoms with van der Waals surface area (Å²) >= 11 is 0. The number of anilines is 1. The fourth-order valence-corrected chi connectivity index (χ4v) is 2.50. The Morgan fingerprint density at radius 3 is 2.60 bits per heavy atom. The van der Waals surface area contributed by atoms with Crippen LogP contribution >= 0.6 is 0 Å². The number of hydrogen-bond donors (Lipinski definition) is 2. The SMILES string of the molecule is COc1ccc(CCCNc2nc(-c3ccncc3)cc(=O)[nH]2)cc1. The Hall–Kier alpha value is -3.15. The van der Waals surface area contributed by atoms with Crippen LogP contribution in [0.5, 0.6) is 5.75 Å². The monoisotopic (exact) mass is 336 g/mol. The molecule has 2 aromatic heterocycles. The number of nitrogens with zero attached hydrogens (tertiary/aromatic N) is 2. The van der Waals surface area contributed by atoms with Crippen LogP contribution in [0.1, 0.15) is 12.0 Å². The number of aromatic nitrogens is 3. The second-order valence-electron chi connectivity index (χ2n) is 5.59. The Balaban J connectivity index is 1.58. The van der Waals surface area contributed by atoms with Crippen molar-refractivity contribution in [3.8, 4) is 17.0 Å². The number of methoxy groups -OCH3 is 1. The highest BCUT2D eigenvalue weighted by atomic mass is 16.5. The third-order valence-corrected chi connectivity index (χ3v) is 3.81. The quantitative estimate of drug-likeness (QED) is 0.649. The molecule has 0 radical (unpaired) electrons. The zero-order valence-corrected chi connectivity index (χ0v) is 14.0. The van der Waals surface area contributed by atoms with E-state index in [0.29, 0.717) is 11.6 Å². The summed E-state index contributed by atoms with van der Waals surface area (Å²) < 4.78 is 5.15. The fraction of sp³-hybridized carbons (Fsp3) is 0.211. The number of H-pyrrole nitrogens is 1. The van der Waals surface area contributed by atoms with Crippen LogP contribution in [-0.4, -0.2) is 28.6 Å². The van der Waals surface area contributed by atoms with Gasteiger partial charge in [-0.15, -0.1) is 0 Å². The molecule has 2 heterocycles. The van der Waals surface area contributed by atoms with E-state index in [1.54, 1.807) is 19.5 Å². The van der Waals surface area contributed by atoms with E-state index in [-0.39, 0.29) is 5.56 Å². The number of nitrogens with one attached hydrogen (secondary N) is 2. The summed E-state index contributed by atoms with van der Waals surface area (Å²) in [7, 11) is 1.66. The molecule has 0 aliphatic rings. The number of hydrogen-bond acceptors (Lipinski definition) is 5. The van der Waals surface area contributed by atoms with Gasteiger partial charge in [-0.05, 0) is 42.7 Å². The zero-order valence-electron chi connectivity index (χ0n) is 14.0. The minimum atomic E-state index is -0.181. The van der Waals surface area contributed by atoms with Crippen LogP contribution in [0.4, 0.5) is 5.95 Å². The maximum Gasteiger partial charge on any atom is 0.252 e. The summed E-state index contributed by atoms with van der Waals surface area (Å²) in [5, 5.41) is 3.18. The van der Waals surface area contributed by atoms with Crippen molar-refractivity contribution in [2.24, 2.45) is 0 Å². The molecule has 0 aliphatic heterocycles. The smallest absolute Gasteiger partial charge is 0.252 e. The molecule has 0 bridgehead atoms. The molecule has 2 N–H and O–H groups in total. The van der Waals surface area contributed by atoms with E-state index in [9.17, 15) is 4.79 Å². The molecule has 0 aliphatic carbocycles. The lowest BCUT2D eigenvalue weighted by Gasteiger charge is -2.08. The molecule has 6 heteroatoms. The average molecular weight is 336 g/mol. The van der Waals surface area contributed by atoms with Crippen molar-refractivity contribution in [2.45, 2.75) is 12.8 Å². The molecule has 0 fully saturated rings. The maximum atomic E-state index is 11.8. The highest BCUT2D eigenvalue weighted by molar-refractivity contribution is 5.58. The molecule has 0 atom stereocenters. The first-order chi connectivity index (χ1) is 12.2. The van der Waals surface area contributed by atoms with Crippen molar-refractivity contribution in [3.05, 3.63) is 70.8 Å². The van der Waals surface area contributed by atoms with Gasteiger partial charge in [0.2, 0.25) is 5.95 Å². The van der Waals surface area contributed by atoms with Crippen LogP contribution in [0.2, 0.25) is 0 Å². The molecule has 1 aromatic carbocycles. The average Bonchev–Trinajstić information content (AvgIpc) is 2.66. The molecule has 0 saturated heterocycles. The molecule has 3 rings (SSSR count). The van der Waals surface area contributed by atoms with E-state index in [4.69, 9.17) is 4.74 Å². The minimum Gasteiger partial charge on any atom is -0.497 e. The molecule has 6 nitrogen and oxygen atoms in total. The van der Waals surface area contributed by atoms with Gasteiger partial charge in [0.1, 0.15) is 5.75 Å². The Kier molecular flexibility index (Phi) is 5.41. The number of benzene rings is 1. The van der Waals surface area contributed by atoms with Crippen LogP contribution in [0, 0.1) is 0 Å². The van der Waals surface area contributed by atoms with E-state index in [1.807, 2.05) is 24.3 Å². The molecular weight excluding hydrogens is 316 g/mol. The van der Waals surface area contributed by atoms with Gasteiger partial charge in [0.05, 0.1) is 12.8 Å². The Labute approximate surface area is 145 Å². The van der Waals surface area contributed by atoms with Gasteiger partial charge < -0.3 is 10.1 Å². The van der Waals surface area contributed by atoms with Gasteiger partial charge in [0.15, 0.2) is 0 Å². The summed E-state index contributed by atoms with van der Waals surface area (Å²) in [6.45, 7) is 0.717. The first kappa shape index (κ1) is 16.7. The topological polar surface area (TPSA) is 79.9 Å². The first-order valence-electron chi connectivity index (χ1n) is 8.13. The predicted molar refractivity (Wildman–Crippen MR) is 97.9 cm³/mol. The van der Waals surface area contributed by atoms with Crippen molar-refractivity contribution in [1.29, 1.82) is 0 Å². The molecular formula is C19H20N4O2. The molecule has 3 aromatic rings. The lowest BCUT2D eigenvalue weighted by atomic mass is 10.1. The molecule has 25 heavy (non-hydrogen) atoms. The second kappa shape index (κ2) is 8.10. The standard InChI is InChI=1S/C19H20N4O2/c1-25-16-6-4-14(5-7-16)3-2-10-21-19-22-17(13-18(24)23-19)15-8-11-20-12-9-15/h4-9,11-13H,2-3,10H2,1H3,(H2,21,22,23,24). The van der Waals surface area contributed by atoms with Gasteiger partial charge in [0, 0.05) is 30.6 Å². The third kappa shape index (κ3) is 4.67. The molecule has 0 spiro atoms. The van der Waals surface area contributed by atoms with Gasteiger partial charge in [-0.2, -0.15) is 0 Å². The number of rotatable bonds is 7. The lowest BCUT2D eigenvalue weighted by molar-refractivity contribution is 0.414. The lowest BCUT2D eigenvalue weighted by Crippen LogP contribution is -2.14. The van der Waals surface area contributed by atoms with Crippen LogP contribution < -0.4 is 15.6 Å². The zero-order chi connectivity index (χ0) is 17.5. The van der Waals surface area contributed by atoms with E-state index < -0.39 is 0 Å². The third-order valence-electron chi connectivity index (χ3n) is 3.81. The summed E-state index contributed by atoms with van der Waals surface area (Å²) in [6.07, 6.45) is 5.22. The van der Waals surface area contributed by atoms with E-state index in [1.165, 1.54) is 11.6 Å². The van der Waals surface area contributed by atoms with Gasteiger partial charge in [-0.1, -0.05) is 12.1 Å². The van der Waals surface area contributed by atoms with Gasteiger partial charge in [0.25, 0.3) is 5.56 Å². The highest BCUT2D eigenvalue weighted by Crippen LogP contribution is 2.15. The maximum absolute atomic E-state index is 11.8. The minimum absolute atomic E-state index is 0.181. The van der Waals surface area contributed by atoms with Gasteiger partial charge >= 0.3 is 0 Å². The largest absolute Gasteiger partial charge is 0.497 e. The fourth-order valence-electron chi connectivity index (χ4n) is 2.50. The Bertz CT molecular complexity index is 861.